The van der Waals surface area contributed by atoms with Gasteiger partial charge in [-0.05, 0) is 25.4 Å². The van der Waals surface area contributed by atoms with Crippen molar-refractivity contribution in [3.8, 4) is 0 Å². The Balaban J connectivity index is 2.11. The van der Waals surface area contributed by atoms with Crippen LogP contribution in [0.4, 0.5) is 0 Å². The molecule has 0 aromatic rings. The van der Waals surface area contributed by atoms with Crippen LogP contribution in [0.2, 0.25) is 0 Å². The number of carbonyl (C=O) groups excluding carboxylic acids is 1. The van der Waals surface area contributed by atoms with Crippen LogP contribution in [0.5, 0.6) is 0 Å². The monoisotopic (exact) mass is 270 g/mol. The number of rotatable bonds is 7. The lowest BCUT2D eigenvalue weighted by atomic mass is 10.1. The van der Waals surface area contributed by atoms with Gasteiger partial charge in [-0.25, -0.2) is 0 Å². The second kappa shape index (κ2) is 8.51. The third kappa shape index (κ3) is 6.36. The molecule has 1 saturated heterocycles. The van der Waals surface area contributed by atoms with E-state index in [-0.39, 0.29) is 5.91 Å². The fraction of sp³-hybridized carbons (Fsp3) is 0.929. The first-order chi connectivity index (χ1) is 9.02. The quantitative estimate of drug-likeness (QED) is 0.711. The molecule has 1 fully saturated rings. The Morgan fingerprint density at radius 2 is 1.79 bits per heavy atom. The van der Waals surface area contributed by atoms with Gasteiger partial charge in [-0.2, -0.15) is 0 Å². The zero-order chi connectivity index (χ0) is 14.3. The average Bonchev–Trinajstić information content (AvgIpc) is 2.40. The van der Waals surface area contributed by atoms with E-state index >= 15 is 0 Å². The fourth-order valence-electron chi connectivity index (χ4n) is 2.39. The zero-order valence-corrected chi connectivity index (χ0v) is 12.8. The fourth-order valence-corrected chi connectivity index (χ4v) is 2.39. The van der Waals surface area contributed by atoms with E-state index in [2.05, 4.69) is 16.7 Å². The Morgan fingerprint density at radius 3 is 2.32 bits per heavy atom. The number of carbonyl (C=O) groups is 1. The maximum Gasteiger partial charge on any atom is 0.222 e. The molecule has 1 unspecified atom stereocenters. The minimum absolute atomic E-state index is 0.232. The number of hydrogen-bond donors (Lipinski definition) is 1. The summed E-state index contributed by atoms with van der Waals surface area (Å²) in [4.78, 5) is 18.1. The van der Waals surface area contributed by atoms with Crippen LogP contribution in [0.25, 0.3) is 0 Å². The van der Waals surface area contributed by atoms with E-state index in [9.17, 15) is 4.79 Å². The normalized spacial score (nSPS) is 19.4. The highest BCUT2D eigenvalue weighted by Gasteiger charge is 2.18. The largest absolute Gasteiger partial charge is 0.349 e. The minimum atomic E-state index is 0.232. The number of amides is 1. The van der Waals surface area contributed by atoms with Crippen LogP contribution < -0.4 is 5.73 Å². The lowest BCUT2D eigenvalue weighted by molar-refractivity contribution is -0.128. The van der Waals surface area contributed by atoms with Gasteiger partial charge in [0.2, 0.25) is 5.91 Å². The molecule has 1 atom stereocenters. The lowest BCUT2D eigenvalue weighted by Gasteiger charge is -2.35. The molecule has 0 aromatic carbocycles. The Morgan fingerprint density at radius 1 is 1.21 bits per heavy atom. The second-order valence-electron chi connectivity index (χ2n) is 5.87. The molecule has 5 nitrogen and oxygen atoms in total. The third-order valence-electron chi connectivity index (χ3n) is 3.80. The first kappa shape index (κ1) is 16.4. The van der Waals surface area contributed by atoms with Crippen LogP contribution in [0, 0.1) is 5.92 Å². The van der Waals surface area contributed by atoms with E-state index in [1.165, 1.54) is 0 Å². The van der Waals surface area contributed by atoms with E-state index in [0.29, 0.717) is 12.3 Å². The van der Waals surface area contributed by atoms with Crippen molar-refractivity contribution in [1.82, 2.24) is 14.7 Å². The second-order valence-corrected chi connectivity index (χ2v) is 5.87. The molecule has 0 aromatic heterocycles. The molecule has 0 aliphatic carbocycles. The molecule has 19 heavy (non-hydrogen) atoms. The highest BCUT2D eigenvalue weighted by Crippen LogP contribution is 2.06. The molecule has 1 aliphatic heterocycles. The van der Waals surface area contributed by atoms with Crippen molar-refractivity contribution in [2.75, 3.05) is 59.9 Å². The molecule has 0 spiro atoms. The van der Waals surface area contributed by atoms with Crippen LogP contribution >= 0.6 is 0 Å². The topological polar surface area (TPSA) is 52.8 Å². The molecule has 1 amide bonds. The van der Waals surface area contributed by atoms with E-state index in [0.717, 1.165) is 52.2 Å². The molecular weight excluding hydrogens is 240 g/mol. The summed E-state index contributed by atoms with van der Waals surface area (Å²) in [7, 11) is 3.64. The van der Waals surface area contributed by atoms with Crippen molar-refractivity contribution in [3.63, 3.8) is 0 Å². The van der Waals surface area contributed by atoms with E-state index in [4.69, 9.17) is 5.73 Å². The van der Waals surface area contributed by atoms with Crippen LogP contribution in [0.3, 0.4) is 0 Å². The van der Waals surface area contributed by atoms with Gasteiger partial charge in [0.15, 0.2) is 0 Å². The van der Waals surface area contributed by atoms with Crippen molar-refractivity contribution in [2.24, 2.45) is 11.7 Å². The van der Waals surface area contributed by atoms with Crippen molar-refractivity contribution >= 4 is 5.91 Å². The molecule has 0 bridgehead atoms. The molecular formula is C14H30N4O. The van der Waals surface area contributed by atoms with Crippen LogP contribution in [0.15, 0.2) is 0 Å². The van der Waals surface area contributed by atoms with Crippen molar-refractivity contribution in [3.05, 3.63) is 0 Å². The van der Waals surface area contributed by atoms with Gasteiger partial charge < -0.3 is 20.4 Å². The van der Waals surface area contributed by atoms with Gasteiger partial charge in [0, 0.05) is 53.2 Å². The molecule has 0 saturated carbocycles. The number of piperazine rings is 1. The highest BCUT2D eigenvalue weighted by molar-refractivity contribution is 5.75. The molecule has 112 valence electrons. The van der Waals surface area contributed by atoms with Gasteiger partial charge in [0.1, 0.15) is 0 Å². The molecule has 0 radical (unpaired) electrons. The summed E-state index contributed by atoms with van der Waals surface area (Å²) in [6.45, 7) is 9.63. The maximum atomic E-state index is 11.5. The summed E-state index contributed by atoms with van der Waals surface area (Å²) in [6.07, 6.45) is 1.63. The third-order valence-corrected chi connectivity index (χ3v) is 3.80. The van der Waals surface area contributed by atoms with E-state index in [1.54, 1.807) is 4.90 Å². The SMILES string of the molecule is CC(CN)CN1CCN(CCCC(=O)N(C)C)CC1. The Bertz CT molecular complexity index is 262. The standard InChI is InChI=1S/C14H30N4O/c1-13(11-15)12-18-9-7-17(8-10-18)6-4-5-14(19)16(2)3/h13H,4-12,15H2,1-3H3. The van der Waals surface area contributed by atoms with Crippen LogP contribution in [0.1, 0.15) is 19.8 Å². The predicted octanol–water partition coefficient (Wildman–Crippen LogP) is 0.0672. The summed E-state index contributed by atoms with van der Waals surface area (Å²) >= 11 is 0. The maximum absolute atomic E-state index is 11.5. The van der Waals surface area contributed by atoms with Gasteiger partial charge in [0.25, 0.3) is 0 Å². The molecule has 5 heteroatoms. The van der Waals surface area contributed by atoms with Gasteiger partial charge in [-0.3, -0.25) is 4.79 Å². The molecule has 1 heterocycles. The minimum Gasteiger partial charge on any atom is -0.349 e. The molecule has 1 rings (SSSR count). The lowest BCUT2D eigenvalue weighted by Crippen LogP contribution is -2.48. The highest BCUT2D eigenvalue weighted by atomic mass is 16.2. The first-order valence-corrected chi connectivity index (χ1v) is 7.38. The summed E-state index contributed by atoms with van der Waals surface area (Å²) < 4.78 is 0. The molecule has 2 N–H and O–H groups in total. The summed E-state index contributed by atoms with van der Waals surface area (Å²) in [5.74, 6) is 0.819. The van der Waals surface area contributed by atoms with Gasteiger partial charge in [-0.15, -0.1) is 0 Å². The van der Waals surface area contributed by atoms with Gasteiger partial charge >= 0.3 is 0 Å². The first-order valence-electron chi connectivity index (χ1n) is 7.38. The average molecular weight is 270 g/mol. The van der Waals surface area contributed by atoms with Gasteiger partial charge in [0.05, 0.1) is 0 Å². The Labute approximate surface area is 117 Å². The smallest absolute Gasteiger partial charge is 0.222 e. The summed E-state index contributed by atoms with van der Waals surface area (Å²) in [5.41, 5.74) is 5.66. The summed E-state index contributed by atoms with van der Waals surface area (Å²) in [5, 5.41) is 0. The van der Waals surface area contributed by atoms with E-state index < -0.39 is 0 Å². The van der Waals surface area contributed by atoms with Crippen molar-refractivity contribution in [2.45, 2.75) is 19.8 Å². The Kier molecular flexibility index (Phi) is 7.34. The molecule has 1 aliphatic rings. The summed E-state index contributed by atoms with van der Waals surface area (Å²) in [6, 6.07) is 0. The van der Waals surface area contributed by atoms with Crippen molar-refractivity contribution in [1.29, 1.82) is 0 Å². The van der Waals surface area contributed by atoms with E-state index in [1.807, 2.05) is 14.1 Å². The number of nitrogens with zero attached hydrogens (tertiary/aromatic N) is 3. The number of nitrogens with two attached hydrogens (primary N) is 1. The number of hydrogen-bond acceptors (Lipinski definition) is 4. The zero-order valence-electron chi connectivity index (χ0n) is 12.8. The predicted molar refractivity (Wildman–Crippen MR) is 79.0 cm³/mol. The Hall–Kier alpha value is -0.650. The van der Waals surface area contributed by atoms with Crippen molar-refractivity contribution < 1.29 is 4.79 Å². The van der Waals surface area contributed by atoms with Gasteiger partial charge in [-0.1, -0.05) is 6.92 Å². The van der Waals surface area contributed by atoms with Crippen LogP contribution in [-0.4, -0.2) is 80.5 Å². The van der Waals surface area contributed by atoms with Crippen LogP contribution in [-0.2, 0) is 4.79 Å².